The normalized spacial score (nSPS) is 12.0. The Hall–Kier alpha value is -3.68. The Labute approximate surface area is 176 Å². The summed E-state index contributed by atoms with van der Waals surface area (Å²) < 4.78 is 5.55. The van der Waals surface area contributed by atoms with Crippen LogP contribution in [0.2, 0.25) is 0 Å². The zero-order valence-electron chi connectivity index (χ0n) is 17.7. The number of benzene rings is 1. The maximum atomic E-state index is 5.71. The average Bonchev–Trinajstić information content (AvgIpc) is 2.76. The molecule has 0 spiro atoms. The number of allylic oxidation sites excluding steroid dienone is 1. The van der Waals surface area contributed by atoms with Gasteiger partial charge < -0.3 is 21.1 Å². The van der Waals surface area contributed by atoms with Gasteiger partial charge in [-0.05, 0) is 29.7 Å². The lowest BCUT2D eigenvalue weighted by atomic mass is 10.1. The van der Waals surface area contributed by atoms with Crippen LogP contribution in [0.15, 0.2) is 47.9 Å². The first-order chi connectivity index (χ1) is 14.5. The van der Waals surface area contributed by atoms with E-state index in [0.717, 1.165) is 40.1 Å². The highest BCUT2D eigenvalue weighted by molar-refractivity contribution is 6.09. The molecular formula is C22H27N7O. The molecule has 8 heteroatoms. The van der Waals surface area contributed by atoms with Crippen LogP contribution in [0.25, 0.3) is 16.5 Å². The zero-order valence-corrected chi connectivity index (χ0v) is 17.7. The molecule has 0 saturated heterocycles. The Morgan fingerprint density at radius 3 is 2.80 bits per heavy atom. The van der Waals surface area contributed by atoms with E-state index < -0.39 is 0 Å². The molecule has 0 saturated carbocycles. The van der Waals surface area contributed by atoms with E-state index >= 15 is 0 Å². The number of fused-ring (bicyclic) bond motifs is 1. The van der Waals surface area contributed by atoms with Crippen molar-refractivity contribution in [2.75, 3.05) is 31.3 Å². The average molecular weight is 406 g/mol. The van der Waals surface area contributed by atoms with Gasteiger partial charge in [0.15, 0.2) is 5.82 Å². The molecule has 156 valence electrons. The molecule has 0 atom stereocenters. The molecule has 0 bridgehead atoms. The fourth-order valence-electron chi connectivity index (χ4n) is 2.89. The number of hydrogen-bond acceptors (Lipinski definition) is 8. The SMILES string of the molecule is CN=CC(=CN)c1ccc(Nc2ncc3ccnc(NCC(C)C)c3n2)c(OC)c1. The van der Waals surface area contributed by atoms with E-state index in [1.807, 2.05) is 24.3 Å². The number of nitrogens with two attached hydrogens (primary N) is 1. The van der Waals surface area contributed by atoms with E-state index in [1.165, 1.54) is 6.20 Å². The molecule has 0 amide bonds. The molecule has 0 aliphatic rings. The predicted molar refractivity (Wildman–Crippen MR) is 124 cm³/mol. The summed E-state index contributed by atoms with van der Waals surface area (Å²) in [5.74, 6) is 2.34. The number of aliphatic imine (C=N–C) groups is 1. The number of aromatic nitrogens is 3. The summed E-state index contributed by atoms with van der Waals surface area (Å²) >= 11 is 0. The first-order valence-electron chi connectivity index (χ1n) is 9.70. The lowest BCUT2D eigenvalue weighted by Gasteiger charge is -2.13. The zero-order chi connectivity index (χ0) is 21.5. The minimum absolute atomic E-state index is 0.457. The summed E-state index contributed by atoms with van der Waals surface area (Å²) in [5, 5.41) is 7.51. The Morgan fingerprint density at radius 2 is 2.10 bits per heavy atom. The van der Waals surface area contributed by atoms with Crippen molar-refractivity contribution in [2.24, 2.45) is 16.6 Å². The van der Waals surface area contributed by atoms with Gasteiger partial charge in [-0.2, -0.15) is 0 Å². The van der Waals surface area contributed by atoms with Crippen molar-refractivity contribution in [1.82, 2.24) is 15.0 Å². The molecule has 2 aromatic heterocycles. The molecule has 4 N–H and O–H groups in total. The van der Waals surface area contributed by atoms with Crippen LogP contribution in [-0.2, 0) is 0 Å². The molecule has 0 aliphatic carbocycles. The monoisotopic (exact) mass is 405 g/mol. The third-order valence-electron chi connectivity index (χ3n) is 4.41. The Morgan fingerprint density at radius 1 is 1.27 bits per heavy atom. The van der Waals surface area contributed by atoms with Crippen LogP contribution in [0.5, 0.6) is 5.75 Å². The van der Waals surface area contributed by atoms with Crippen LogP contribution < -0.4 is 21.1 Å². The van der Waals surface area contributed by atoms with Crippen molar-refractivity contribution >= 4 is 40.1 Å². The van der Waals surface area contributed by atoms with Gasteiger partial charge in [-0.25, -0.2) is 15.0 Å². The van der Waals surface area contributed by atoms with E-state index in [-0.39, 0.29) is 0 Å². The van der Waals surface area contributed by atoms with Gasteiger partial charge in [0.05, 0.1) is 12.8 Å². The minimum Gasteiger partial charge on any atom is -0.495 e. The Kier molecular flexibility index (Phi) is 6.79. The number of nitrogens with one attached hydrogen (secondary N) is 2. The number of nitrogens with zero attached hydrogens (tertiary/aromatic N) is 4. The van der Waals surface area contributed by atoms with Gasteiger partial charge in [0, 0.05) is 49.4 Å². The smallest absolute Gasteiger partial charge is 0.227 e. The van der Waals surface area contributed by atoms with E-state index in [4.69, 9.17) is 10.5 Å². The van der Waals surface area contributed by atoms with Gasteiger partial charge in [0.2, 0.25) is 5.95 Å². The second kappa shape index (κ2) is 9.69. The molecule has 0 radical (unpaired) electrons. The van der Waals surface area contributed by atoms with Crippen LogP contribution in [0.4, 0.5) is 17.5 Å². The second-order valence-corrected chi connectivity index (χ2v) is 7.12. The van der Waals surface area contributed by atoms with Gasteiger partial charge in [-0.15, -0.1) is 0 Å². The van der Waals surface area contributed by atoms with Crippen molar-refractivity contribution in [3.05, 3.63) is 48.4 Å². The summed E-state index contributed by atoms with van der Waals surface area (Å²) in [7, 11) is 3.32. The molecule has 30 heavy (non-hydrogen) atoms. The lowest BCUT2D eigenvalue weighted by Crippen LogP contribution is -2.10. The van der Waals surface area contributed by atoms with Crippen molar-refractivity contribution in [3.8, 4) is 5.75 Å². The molecular weight excluding hydrogens is 378 g/mol. The molecule has 1 aromatic carbocycles. The first-order valence-corrected chi connectivity index (χ1v) is 9.70. The maximum absolute atomic E-state index is 5.71. The number of hydrogen-bond donors (Lipinski definition) is 3. The number of ether oxygens (including phenoxy) is 1. The van der Waals surface area contributed by atoms with Crippen molar-refractivity contribution in [1.29, 1.82) is 0 Å². The molecule has 0 fully saturated rings. The predicted octanol–water partition coefficient (Wildman–Crippen LogP) is 3.85. The second-order valence-electron chi connectivity index (χ2n) is 7.12. The maximum Gasteiger partial charge on any atom is 0.227 e. The fourth-order valence-corrected chi connectivity index (χ4v) is 2.89. The molecule has 0 aliphatic heterocycles. The van der Waals surface area contributed by atoms with Crippen LogP contribution >= 0.6 is 0 Å². The Bertz CT molecular complexity index is 1080. The van der Waals surface area contributed by atoms with E-state index in [2.05, 4.69) is 44.4 Å². The summed E-state index contributed by atoms with van der Waals surface area (Å²) in [6, 6.07) is 7.62. The number of rotatable bonds is 8. The van der Waals surface area contributed by atoms with E-state index in [9.17, 15) is 0 Å². The van der Waals surface area contributed by atoms with Crippen LogP contribution in [-0.4, -0.2) is 41.9 Å². The number of pyridine rings is 1. The van der Waals surface area contributed by atoms with Gasteiger partial charge in [-0.1, -0.05) is 19.9 Å². The van der Waals surface area contributed by atoms with E-state index in [1.54, 1.807) is 32.8 Å². The lowest BCUT2D eigenvalue weighted by molar-refractivity contribution is 0.416. The third-order valence-corrected chi connectivity index (χ3v) is 4.41. The summed E-state index contributed by atoms with van der Waals surface area (Å²) in [5.41, 5.74) is 8.92. The first kappa shape index (κ1) is 21.0. The van der Waals surface area contributed by atoms with E-state index in [0.29, 0.717) is 17.6 Å². The third kappa shape index (κ3) is 4.83. The molecule has 2 heterocycles. The Balaban J connectivity index is 1.92. The molecule has 3 aromatic rings. The van der Waals surface area contributed by atoms with Crippen LogP contribution in [0.1, 0.15) is 19.4 Å². The van der Waals surface area contributed by atoms with Crippen molar-refractivity contribution < 1.29 is 4.74 Å². The molecule has 8 nitrogen and oxygen atoms in total. The molecule has 3 rings (SSSR count). The van der Waals surface area contributed by atoms with Gasteiger partial charge in [-0.3, -0.25) is 4.99 Å². The highest BCUT2D eigenvalue weighted by Crippen LogP contribution is 2.30. The number of methoxy groups -OCH3 is 1. The van der Waals surface area contributed by atoms with Crippen LogP contribution in [0, 0.1) is 5.92 Å². The summed E-state index contributed by atoms with van der Waals surface area (Å²) in [6.45, 7) is 5.10. The van der Waals surface area contributed by atoms with Crippen molar-refractivity contribution in [3.63, 3.8) is 0 Å². The van der Waals surface area contributed by atoms with Gasteiger partial charge in [0.1, 0.15) is 11.3 Å². The highest BCUT2D eigenvalue weighted by Gasteiger charge is 2.11. The van der Waals surface area contributed by atoms with Crippen LogP contribution in [0.3, 0.4) is 0 Å². The van der Waals surface area contributed by atoms with Crippen molar-refractivity contribution in [2.45, 2.75) is 13.8 Å². The largest absolute Gasteiger partial charge is 0.495 e. The summed E-state index contributed by atoms with van der Waals surface area (Å²) in [4.78, 5) is 17.6. The quantitative estimate of drug-likeness (QED) is 0.488. The summed E-state index contributed by atoms with van der Waals surface area (Å²) in [6.07, 6.45) is 6.75. The minimum atomic E-state index is 0.457. The highest BCUT2D eigenvalue weighted by atomic mass is 16.5. The standard InChI is InChI=1S/C22H27N7O/c1-14(2)11-26-21-20-16(7-8-25-21)13-27-22(29-20)28-18-6-5-15(9-19(18)30-4)17(10-23)12-24-3/h5-10,12-14H,11,23H2,1-4H3,(H,25,26)(H,27,28,29). The fraction of sp³-hybridized carbons (Fsp3) is 0.273. The molecule has 0 unspecified atom stereocenters. The van der Waals surface area contributed by atoms with Gasteiger partial charge >= 0.3 is 0 Å². The number of anilines is 3. The van der Waals surface area contributed by atoms with Gasteiger partial charge in [0.25, 0.3) is 0 Å². The topological polar surface area (TPSA) is 110 Å².